The molecule has 1 saturated carbocycles. The summed E-state index contributed by atoms with van der Waals surface area (Å²) in [6.07, 6.45) is 8.65. The average Bonchev–Trinajstić information content (AvgIpc) is 3.63. The molecular weight excluding hydrogens is 533 g/mol. The molecule has 0 radical (unpaired) electrons. The molecule has 0 unspecified atom stereocenters. The van der Waals surface area contributed by atoms with Crippen molar-refractivity contribution in [3.8, 4) is 5.75 Å². The Kier molecular flexibility index (Phi) is 7.87. The van der Waals surface area contributed by atoms with Gasteiger partial charge < -0.3 is 19.1 Å². The van der Waals surface area contributed by atoms with E-state index in [1.165, 1.54) is 12.5 Å². The Morgan fingerprint density at radius 1 is 1.12 bits per heavy atom. The fraction of sp³-hybridized carbons (Fsp3) is 0.552. The first-order chi connectivity index (χ1) is 19.5. The molecule has 3 aromatic rings. The molecule has 9 nitrogen and oxygen atoms in total. The van der Waals surface area contributed by atoms with E-state index in [2.05, 4.69) is 29.6 Å². The smallest absolute Gasteiger partial charge is 0.227 e. The van der Waals surface area contributed by atoms with Crippen molar-refractivity contribution in [3.05, 3.63) is 58.6 Å². The minimum atomic E-state index is -0.403. The van der Waals surface area contributed by atoms with Gasteiger partial charge in [-0.2, -0.15) is 0 Å². The van der Waals surface area contributed by atoms with Gasteiger partial charge in [-0.15, -0.1) is 10.2 Å². The van der Waals surface area contributed by atoms with Gasteiger partial charge in [0.25, 0.3) is 0 Å². The van der Waals surface area contributed by atoms with Crippen LogP contribution in [-0.4, -0.2) is 61.8 Å². The average molecular weight is 568 g/mol. The number of aryl methyl sites for hydroxylation is 1. The Morgan fingerprint density at radius 3 is 2.67 bits per heavy atom. The van der Waals surface area contributed by atoms with Crippen LogP contribution in [-0.2, 0) is 30.7 Å². The summed E-state index contributed by atoms with van der Waals surface area (Å²) in [6, 6.07) is 4.84. The lowest BCUT2D eigenvalue weighted by molar-refractivity contribution is -0.132. The number of nitrogens with zero attached hydrogens (tertiary/aromatic N) is 7. The Labute approximate surface area is 238 Å². The second-order valence-electron chi connectivity index (χ2n) is 11.1. The number of hydrogen-bond donors (Lipinski definition) is 0. The van der Waals surface area contributed by atoms with E-state index in [1.54, 1.807) is 29.4 Å². The molecule has 11 heteroatoms. The summed E-state index contributed by atoms with van der Waals surface area (Å²) in [7, 11) is 0. The molecule has 4 heterocycles. The van der Waals surface area contributed by atoms with Gasteiger partial charge in [0.05, 0.1) is 37.0 Å². The van der Waals surface area contributed by atoms with Crippen molar-refractivity contribution < 1.29 is 13.9 Å². The third-order valence-electron chi connectivity index (χ3n) is 8.63. The first kappa shape index (κ1) is 26.9. The largest absolute Gasteiger partial charge is 0.493 e. The van der Waals surface area contributed by atoms with Crippen LogP contribution in [0.2, 0.25) is 5.02 Å². The van der Waals surface area contributed by atoms with Gasteiger partial charge in [-0.3, -0.25) is 4.79 Å². The number of ether oxygens (including phenoxy) is 1. The molecule has 0 bridgehead atoms. The van der Waals surface area contributed by atoms with Gasteiger partial charge in [0.15, 0.2) is 5.82 Å². The number of fused-ring (bicyclic) bond motifs is 1. The van der Waals surface area contributed by atoms with E-state index >= 15 is 0 Å². The molecule has 2 atom stereocenters. The summed E-state index contributed by atoms with van der Waals surface area (Å²) < 4.78 is 22.8. The lowest BCUT2D eigenvalue weighted by Gasteiger charge is -2.32. The van der Waals surface area contributed by atoms with Crippen LogP contribution >= 0.6 is 11.6 Å². The Balaban J connectivity index is 0.924. The van der Waals surface area contributed by atoms with Gasteiger partial charge in [0.1, 0.15) is 17.4 Å². The minimum absolute atomic E-state index is 0.0214. The Hall–Kier alpha value is -3.27. The van der Waals surface area contributed by atoms with Crippen molar-refractivity contribution in [2.24, 2.45) is 17.8 Å². The number of amides is 1. The number of hydrogen-bond acceptors (Lipinski definition) is 7. The van der Waals surface area contributed by atoms with Crippen molar-refractivity contribution in [2.75, 3.05) is 31.1 Å². The lowest BCUT2D eigenvalue weighted by Crippen LogP contribution is -2.39. The predicted molar refractivity (Wildman–Crippen MR) is 149 cm³/mol. The lowest BCUT2D eigenvalue weighted by atomic mass is 9.90. The molecule has 212 valence electrons. The summed E-state index contributed by atoms with van der Waals surface area (Å²) >= 11 is 5.91. The fourth-order valence-corrected chi connectivity index (χ4v) is 6.33. The van der Waals surface area contributed by atoms with Gasteiger partial charge in [0, 0.05) is 38.7 Å². The number of halogens is 2. The van der Waals surface area contributed by atoms with Gasteiger partial charge in [0.2, 0.25) is 11.9 Å². The molecule has 0 N–H and O–H groups in total. The second kappa shape index (κ2) is 11.7. The molecule has 1 aliphatic carbocycles. The van der Waals surface area contributed by atoms with E-state index in [4.69, 9.17) is 16.3 Å². The van der Waals surface area contributed by atoms with Crippen molar-refractivity contribution in [3.63, 3.8) is 0 Å². The topological polar surface area (TPSA) is 89.3 Å². The molecule has 3 aliphatic rings. The summed E-state index contributed by atoms with van der Waals surface area (Å²) in [6.45, 7) is 6.22. The van der Waals surface area contributed by atoms with Crippen molar-refractivity contribution >= 4 is 23.5 Å². The van der Waals surface area contributed by atoms with Crippen LogP contribution in [0, 0.1) is 23.6 Å². The Morgan fingerprint density at radius 2 is 1.93 bits per heavy atom. The number of aromatic nitrogens is 5. The highest BCUT2D eigenvalue weighted by Crippen LogP contribution is 2.49. The summed E-state index contributed by atoms with van der Waals surface area (Å²) in [5, 5.41) is 8.96. The van der Waals surface area contributed by atoms with E-state index in [-0.39, 0.29) is 12.3 Å². The first-order valence-corrected chi connectivity index (χ1v) is 14.7. The van der Waals surface area contributed by atoms with Crippen LogP contribution in [0.15, 0.2) is 30.6 Å². The number of anilines is 1. The maximum Gasteiger partial charge on any atom is 0.227 e. The zero-order valence-electron chi connectivity index (χ0n) is 22.8. The maximum atomic E-state index is 14.8. The first-order valence-electron chi connectivity index (χ1n) is 14.3. The molecule has 1 aromatic carbocycles. The van der Waals surface area contributed by atoms with E-state index < -0.39 is 5.82 Å². The molecule has 40 heavy (non-hydrogen) atoms. The highest BCUT2D eigenvalue weighted by molar-refractivity contribution is 6.30. The molecule has 1 saturated heterocycles. The summed E-state index contributed by atoms with van der Waals surface area (Å²) in [5.41, 5.74) is 0.385. The van der Waals surface area contributed by atoms with Crippen LogP contribution in [0.1, 0.15) is 49.8 Å². The molecular formula is C29H35ClFN7O2. The van der Waals surface area contributed by atoms with Crippen LogP contribution in [0.5, 0.6) is 5.75 Å². The van der Waals surface area contributed by atoms with Gasteiger partial charge in [-0.05, 0) is 55.1 Å². The van der Waals surface area contributed by atoms with E-state index in [9.17, 15) is 9.18 Å². The van der Waals surface area contributed by atoms with Gasteiger partial charge in [-0.25, -0.2) is 14.4 Å². The Bertz CT molecular complexity index is 1340. The third kappa shape index (κ3) is 5.92. The van der Waals surface area contributed by atoms with Crippen molar-refractivity contribution in [1.82, 2.24) is 29.6 Å². The zero-order chi connectivity index (χ0) is 27.6. The van der Waals surface area contributed by atoms with Crippen molar-refractivity contribution in [2.45, 2.75) is 58.5 Å². The molecule has 1 amide bonds. The number of carbonyl (C=O) groups excluding carboxylic acids is 1. The van der Waals surface area contributed by atoms with E-state index in [1.807, 2.05) is 6.92 Å². The molecule has 2 aromatic heterocycles. The van der Waals surface area contributed by atoms with Gasteiger partial charge in [-0.1, -0.05) is 24.6 Å². The summed E-state index contributed by atoms with van der Waals surface area (Å²) in [4.78, 5) is 25.5. The van der Waals surface area contributed by atoms with E-state index in [0.29, 0.717) is 48.5 Å². The number of rotatable bonds is 9. The van der Waals surface area contributed by atoms with Gasteiger partial charge >= 0.3 is 0 Å². The molecule has 2 aliphatic heterocycles. The van der Waals surface area contributed by atoms with Crippen molar-refractivity contribution in [1.29, 1.82) is 0 Å². The molecule has 6 rings (SSSR count). The zero-order valence-corrected chi connectivity index (χ0v) is 23.6. The number of benzene rings is 1. The standard InChI is InChI=1S/C29H35ClFN7O2/c1-2-26-34-35-27-18-37(10-11-38(26)27)28(39)14-21-3-4-23(15-25(21)31)40-12-7-20-13-24(20)19-5-8-36(9-6-19)29-32-16-22(30)17-33-29/h3-4,15-17,19-20,24H,2,5-14,18H2,1H3/t20-,24-/m1/s1. The highest BCUT2D eigenvalue weighted by atomic mass is 35.5. The predicted octanol–water partition coefficient (Wildman–Crippen LogP) is 4.33. The number of carbonyl (C=O) groups is 1. The number of piperidine rings is 1. The SMILES string of the molecule is CCc1nnc2n1CCN(C(=O)Cc1ccc(OCC[C@@H]3C[C@@H]3C3CCN(c4ncc(Cl)cn4)CC3)cc1F)C2. The quantitative estimate of drug-likeness (QED) is 0.380. The fourth-order valence-electron chi connectivity index (χ4n) is 6.23. The van der Waals surface area contributed by atoms with E-state index in [0.717, 1.165) is 68.2 Å². The van der Waals surface area contributed by atoms with Crippen LogP contribution in [0.25, 0.3) is 0 Å². The maximum absolute atomic E-state index is 14.8. The van der Waals surface area contributed by atoms with Crippen LogP contribution in [0.4, 0.5) is 10.3 Å². The normalized spacial score (nSPS) is 20.9. The molecule has 0 spiro atoms. The minimum Gasteiger partial charge on any atom is -0.493 e. The van der Waals surface area contributed by atoms with Crippen LogP contribution < -0.4 is 9.64 Å². The molecule has 2 fully saturated rings. The monoisotopic (exact) mass is 567 g/mol. The third-order valence-corrected chi connectivity index (χ3v) is 8.83. The highest BCUT2D eigenvalue weighted by Gasteiger charge is 2.43. The summed E-state index contributed by atoms with van der Waals surface area (Å²) in [5.74, 6) is 4.64. The van der Waals surface area contributed by atoms with Crippen LogP contribution in [0.3, 0.4) is 0 Å². The second-order valence-corrected chi connectivity index (χ2v) is 11.5.